The largest absolute Gasteiger partial charge is 0.485 e. The summed E-state index contributed by atoms with van der Waals surface area (Å²) < 4.78 is 6.81. The number of hydrogen-bond acceptors (Lipinski definition) is 4. The van der Waals surface area contributed by atoms with Crippen molar-refractivity contribution in [1.82, 2.24) is 9.78 Å². The fourth-order valence-corrected chi connectivity index (χ4v) is 2.08. The molecule has 23 heavy (non-hydrogen) atoms. The summed E-state index contributed by atoms with van der Waals surface area (Å²) in [6, 6.07) is 6.25. The van der Waals surface area contributed by atoms with Crippen molar-refractivity contribution < 1.29 is 14.6 Å². The molecule has 1 heterocycles. The van der Waals surface area contributed by atoms with Crippen LogP contribution in [-0.2, 0) is 12.1 Å². The number of halogens is 1. The second kappa shape index (κ2) is 6.42. The fraction of sp³-hybridized carbons (Fsp3) is 0.312. The van der Waals surface area contributed by atoms with E-state index < -0.39 is 17.1 Å². The molecule has 0 amide bonds. The second-order valence-corrected chi connectivity index (χ2v) is 6.38. The summed E-state index contributed by atoms with van der Waals surface area (Å²) in [5.74, 6) is -0.796. The van der Waals surface area contributed by atoms with E-state index in [0.717, 1.165) is 5.56 Å². The minimum atomic E-state index is -0.990. The molecule has 1 aromatic carbocycles. The summed E-state index contributed by atoms with van der Waals surface area (Å²) >= 11 is 6.06. The number of aromatic nitrogens is 2. The van der Waals surface area contributed by atoms with E-state index in [1.807, 2.05) is 20.8 Å². The molecule has 0 atom stereocenters. The van der Waals surface area contributed by atoms with Crippen molar-refractivity contribution >= 4 is 17.6 Å². The van der Waals surface area contributed by atoms with E-state index in [0.29, 0.717) is 0 Å². The maximum absolute atomic E-state index is 12.2. The van der Waals surface area contributed by atoms with E-state index in [2.05, 4.69) is 5.10 Å². The van der Waals surface area contributed by atoms with Gasteiger partial charge in [0.15, 0.2) is 10.8 Å². The zero-order valence-corrected chi connectivity index (χ0v) is 13.8. The molecule has 6 nitrogen and oxygen atoms in total. The standard InChI is InChI=1S/C16H17ClN2O4/c1-16(2,3)19-14(20)13(17)12(8-18-19)23-9-10-4-6-11(7-5-10)15(21)22/h4-8H,9H2,1-3H3,(H,21,22). The lowest BCUT2D eigenvalue weighted by molar-refractivity contribution is 0.0697. The van der Waals surface area contributed by atoms with Crippen molar-refractivity contribution in [1.29, 1.82) is 0 Å². The van der Waals surface area contributed by atoms with Gasteiger partial charge >= 0.3 is 5.97 Å². The first-order chi connectivity index (χ1) is 10.7. The van der Waals surface area contributed by atoms with Crippen molar-refractivity contribution in [3.63, 3.8) is 0 Å². The molecule has 1 N–H and O–H groups in total. The molecule has 0 fully saturated rings. The Kier molecular flexibility index (Phi) is 4.75. The molecule has 2 aromatic rings. The highest BCUT2D eigenvalue weighted by Gasteiger charge is 2.19. The zero-order chi connectivity index (χ0) is 17.2. The topological polar surface area (TPSA) is 81.4 Å². The van der Waals surface area contributed by atoms with Crippen LogP contribution in [0.3, 0.4) is 0 Å². The van der Waals surface area contributed by atoms with Crippen LogP contribution in [0.25, 0.3) is 0 Å². The smallest absolute Gasteiger partial charge is 0.335 e. The van der Waals surface area contributed by atoms with Gasteiger partial charge in [0, 0.05) is 0 Å². The Morgan fingerprint density at radius 3 is 2.43 bits per heavy atom. The van der Waals surface area contributed by atoms with Crippen LogP contribution in [0.1, 0.15) is 36.7 Å². The predicted molar refractivity (Wildman–Crippen MR) is 86.2 cm³/mol. The van der Waals surface area contributed by atoms with Gasteiger partial charge in [-0.05, 0) is 38.5 Å². The van der Waals surface area contributed by atoms with Gasteiger partial charge in [-0.3, -0.25) is 4.79 Å². The quantitative estimate of drug-likeness (QED) is 0.928. The summed E-state index contributed by atoms with van der Waals surface area (Å²) in [6.45, 7) is 5.70. The molecule has 0 spiro atoms. The lowest BCUT2D eigenvalue weighted by Gasteiger charge is -2.21. The minimum Gasteiger partial charge on any atom is -0.485 e. The summed E-state index contributed by atoms with van der Waals surface area (Å²) in [4.78, 5) is 23.0. The van der Waals surface area contributed by atoms with E-state index >= 15 is 0 Å². The normalized spacial score (nSPS) is 11.3. The SMILES string of the molecule is CC(C)(C)n1ncc(OCc2ccc(C(=O)O)cc2)c(Cl)c1=O. The molecule has 0 aliphatic rings. The van der Waals surface area contributed by atoms with Gasteiger partial charge in [-0.2, -0.15) is 5.10 Å². The highest BCUT2D eigenvalue weighted by atomic mass is 35.5. The zero-order valence-electron chi connectivity index (χ0n) is 13.0. The maximum atomic E-state index is 12.2. The van der Waals surface area contributed by atoms with Crippen LogP contribution < -0.4 is 10.3 Å². The molecule has 0 saturated carbocycles. The van der Waals surface area contributed by atoms with E-state index in [9.17, 15) is 9.59 Å². The van der Waals surface area contributed by atoms with Gasteiger partial charge in [-0.15, -0.1) is 0 Å². The number of ether oxygens (including phenoxy) is 1. The first-order valence-electron chi connectivity index (χ1n) is 6.93. The van der Waals surface area contributed by atoms with Crippen molar-refractivity contribution in [2.24, 2.45) is 0 Å². The van der Waals surface area contributed by atoms with Crippen molar-refractivity contribution in [2.45, 2.75) is 32.9 Å². The van der Waals surface area contributed by atoms with Crippen LogP contribution in [0.4, 0.5) is 0 Å². The number of carboxylic acid groups (broad SMARTS) is 1. The second-order valence-electron chi connectivity index (χ2n) is 6.00. The predicted octanol–water partition coefficient (Wildman–Crippen LogP) is 2.93. The third-order valence-corrected chi connectivity index (χ3v) is 3.47. The summed E-state index contributed by atoms with van der Waals surface area (Å²) in [6.07, 6.45) is 1.40. The lowest BCUT2D eigenvalue weighted by Crippen LogP contribution is -2.36. The van der Waals surface area contributed by atoms with Crippen LogP contribution in [0.5, 0.6) is 5.75 Å². The van der Waals surface area contributed by atoms with E-state index in [4.69, 9.17) is 21.4 Å². The van der Waals surface area contributed by atoms with Gasteiger partial charge in [0.05, 0.1) is 17.3 Å². The molecule has 0 aliphatic carbocycles. The molecule has 0 bridgehead atoms. The highest BCUT2D eigenvalue weighted by Crippen LogP contribution is 2.21. The summed E-state index contributed by atoms with van der Waals surface area (Å²) in [5.41, 5.74) is 0.0523. The molecule has 0 radical (unpaired) electrons. The fourth-order valence-electron chi connectivity index (χ4n) is 1.90. The van der Waals surface area contributed by atoms with Crippen molar-refractivity contribution in [3.05, 3.63) is 57.0 Å². The Morgan fingerprint density at radius 2 is 1.91 bits per heavy atom. The molecular formula is C16H17ClN2O4. The van der Waals surface area contributed by atoms with Crippen LogP contribution in [-0.4, -0.2) is 20.9 Å². The molecule has 7 heteroatoms. The molecular weight excluding hydrogens is 320 g/mol. The Hall–Kier alpha value is -2.34. The van der Waals surface area contributed by atoms with Crippen LogP contribution in [0.15, 0.2) is 35.3 Å². The lowest BCUT2D eigenvalue weighted by atomic mass is 10.1. The molecule has 1 aromatic heterocycles. The van der Waals surface area contributed by atoms with Crippen LogP contribution in [0.2, 0.25) is 5.02 Å². The molecule has 0 saturated heterocycles. The number of hydrogen-bond donors (Lipinski definition) is 1. The Morgan fingerprint density at radius 1 is 1.30 bits per heavy atom. The Balaban J connectivity index is 2.17. The number of aromatic carboxylic acids is 1. The van der Waals surface area contributed by atoms with Gasteiger partial charge < -0.3 is 9.84 Å². The first-order valence-corrected chi connectivity index (χ1v) is 7.31. The highest BCUT2D eigenvalue weighted by molar-refractivity contribution is 6.31. The van der Waals surface area contributed by atoms with Crippen molar-refractivity contribution in [2.75, 3.05) is 0 Å². The molecule has 0 aliphatic heterocycles. The summed E-state index contributed by atoms with van der Waals surface area (Å²) in [5, 5.41) is 12.9. The monoisotopic (exact) mass is 336 g/mol. The Bertz CT molecular complexity index is 776. The number of benzene rings is 1. The van der Waals surface area contributed by atoms with E-state index in [-0.39, 0.29) is 22.9 Å². The molecule has 2 rings (SSSR count). The van der Waals surface area contributed by atoms with Gasteiger partial charge in [0.1, 0.15) is 6.61 Å². The first kappa shape index (κ1) is 17.0. The summed E-state index contributed by atoms with van der Waals surface area (Å²) in [7, 11) is 0. The third kappa shape index (κ3) is 3.90. The number of rotatable bonds is 4. The average molecular weight is 337 g/mol. The molecule has 122 valence electrons. The number of carbonyl (C=O) groups is 1. The van der Waals surface area contributed by atoms with Gasteiger partial charge in [-0.25, -0.2) is 9.48 Å². The van der Waals surface area contributed by atoms with Gasteiger partial charge in [0.2, 0.25) is 0 Å². The van der Waals surface area contributed by atoms with Crippen LogP contribution in [0, 0.1) is 0 Å². The number of nitrogens with zero attached hydrogens (tertiary/aromatic N) is 2. The van der Waals surface area contributed by atoms with E-state index in [1.165, 1.54) is 23.0 Å². The minimum absolute atomic E-state index is 0.0305. The van der Waals surface area contributed by atoms with Crippen molar-refractivity contribution in [3.8, 4) is 5.75 Å². The average Bonchev–Trinajstić information content (AvgIpc) is 2.48. The van der Waals surface area contributed by atoms with E-state index in [1.54, 1.807) is 12.1 Å². The third-order valence-electron chi connectivity index (χ3n) is 3.12. The molecule has 0 unspecified atom stereocenters. The van der Waals surface area contributed by atoms with Crippen LogP contribution >= 0.6 is 11.6 Å². The maximum Gasteiger partial charge on any atom is 0.335 e. The Labute approximate surface area is 138 Å². The van der Waals surface area contributed by atoms with Gasteiger partial charge in [-0.1, -0.05) is 23.7 Å². The number of carboxylic acids is 1. The van der Waals surface area contributed by atoms with Gasteiger partial charge in [0.25, 0.3) is 5.56 Å².